The van der Waals surface area contributed by atoms with E-state index in [9.17, 15) is 4.79 Å². The summed E-state index contributed by atoms with van der Waals surface area (Å²) in [6.45, 7) is 1.93. The van der Waals surface area contributed by atoms with E-state index in [0.29, 0.717) is 6.04 Å². The van der Waals surface area contributed by atoms with Crippen LogP contribution in [-0.2, 0) is 4.79 Å². The van der Waals surface area contributed by atoms with Crippen LogP contribution in [0.25, 0.3) is 0 Å². The SMILES string of the molecule is C[C@@H](C=O)NC1CCCCCC1. The third-order valence-electron chi connectivity index (χ3n) is 2.56. The average molecular weight is 169 g/mol. The van der Waals surface area contributed by atoms with E-state index in [1.54, 1.807) is 0 Å². The van der Waals surface area contributed by atoms with E-state index in [2.05, 4.69) is 5.32 Å². The van der Waals surface area contributed by atoms with Crippen molar-refractivity contribution in [3.63, 3.8) is 0 Å². The first-order chi connectivity index (χ1) is 5.83. The highest BCUT2D eigenvalue weighted by Gasteiger charge is 2.13. The zero-order valence-corrected chi connectivity index (χ0v) is 7.88. The molecular weight excluding hydrogens is 150 g/mol. The minimum atomic E-state index is 0.0353. The third kappa shape index (κ3) is 3.35. The summed E-state index contributed by atoms with van der Waals surface area (Å²) in [4.78, 5) is 10.4. The average Bonchev–Trinajstić information content (AvgIpc) is 2.33. The molecule has 2 heteroatoms. The lowest BCUT2D eigenvalue weighted by Gasteiger charge is -2.17. The van der Waals surface area contributed by atoms with Gasteiger partial charge in [0.2, 0.25) is 0 Å². The van der Waals surface area contributed by atoms with E-state index in [4.69, 9.17) is 0 Å². The Morgan fingerprint density at radius 3 is 2.33 bits per heavy atom. The minimum Gasteiger partial charge on any atom is -0.305 e. The van der Waals surface area contributed by atoms with Crippen LogP contribution in [0.4, 0.5) is 0 Å². The van der Waals surface area contributed by atoms with Crippen LogP contribution >= 0.6 is 0 Å². The zero-order valence-electron chi connectivity index (χ0n) is 7.88. The molecule has 12 heavy (non-hydrogen) atoms. The molecule has 0 aromatic heterocycles. The molecule has 0 heterocycles. The number of nitrogens with one attached hydrogen (secondary N) is 1. The van der Waals surface area contributed by atoms with E-state index >= 15 is 0 Å². The molecule has 1 aliphatic carbocycles. The van der Waals surface area contributed by atoms with Crippen LogP contribution in [-0.4, -0.2) is 18.4 Å². The van der Waals surface area contributed by atoms with Crippen LogP contribution in [0.1, 0.15) is 45.4 Å². The van der Waals surface area contributed by atoms with Crippen LogP contribution in [0.3, 0.4) is 0 Å². The van der Waals surface area contributed by atoms with Gasteiger partial charge in [0.25, 0.3) is 0 Å². The lowest BCUT2D eigenvalue weighted by atomic mass is 10.1. The number of aldehydes is 1. The van der Waals surface area contributed by atoms with Crippen molar-refractivity contribution in [2.75, 3.05) is 0 Å². The molecule has 0 spiro atoms. The highest BCUT2D eigenvalue weighted by Crippen LogP contribution is 2.17. The van der Waals surface area contributed by atoms with Crippen LogP contribution in [0.2, 0.25) is 0 Å². The standard InChI is InChI=1S/C10H19NO/c1-9(8-12)11-10-6-4-2-3-5-7-10/h8-11H,2-7H2,1H3/t9-/m0/s1. The van der Waals surface area contributed by atoms with E-state index in [0.717, 1.165) is 6.29 Å². The second-order valence-electron chi connectivity index (χ2n) is 3.78. The maximum atomic E-state index is 10.4. The Balaban J connectivity index is 2.24. The molecule has 0 aromatic rings. The van der Waals surface area contributed by atoms with Gasteiger partial charge in [0.15, 0.2) is 0 Å². The maximum Gasteiger partial charge on any atom is 0.136 e. The molecule has 1 N–H and O–H groups in total. The highest BCUT2D eigenvalue weighted by molar-refractivity contribution is 5.56. The molecular formula is C10H19NO. The Morgan fingerprint density at radius 1 is 1.25 bits per heavy atom. The van der Waals surface area contributed by atoms with E-state index in [1.807, 2.05) is 6.92 Å². The summed E-state index contributed by atoms with van der Waals surface area (Å²) in [5, 5.41) is 3.34. The Hall–Kier alpha value is -0.370. The second kappa shape index (κ2) is 5.31. The lowest BCUT2D eigenvalue weighted by Crippen LogP contribution is -2.36. The first kappa shape index (κ1) is 9.72. The molecule has 70 valence electrons. The molecule has 2 nitrogen and oxygen atoms in total. The molecule has 1 aliphatic rings. The first-order valence-electron chi connectivity index (χ1n) is 5.04. The summed E-state index contributed by atoms with van der Waals surface area (Å²) in [6.07, 6.45) is 8.87. The second-order valence-corrected chi connectivity index (χ2v) is 3.78. The summed E-state index contributed by atoms with van der Waals surface area (Å²) in [5.74, 6) is 0. The predicted octanol–water partition coefficient (Wildman–Crippen LogP) is 1.89. The van der Waals surface area contributed by atoms with Gasteiger partial charge in [0.1, 0.15) is 6.29 Å². The third-order valence-corrected chi connectivity index (χ3v) is 2.56. The normalized spacial score (nSPS) is 23.1. The van der Waals surface area contributed by atoms with Gasteiger partial charge in [0, 0.05) is 6.04 Å². The number of hydrogen-bond acceptors (Lipinski definition) is 2. The first-order valence-corrected chi connectivity index (χ1v) is 5.04. The van der Waals surface area contributed by atoms with Crippen LogP contribution in [0, 0.1) is 0 Å². The van der Waals surface area contributed by atoms with Crippen molar-refractivity contribution in [1.82, 2.24) is 5.32 Å². The molecule has 0 aromatic carbocycles. The Morgan fingerprint density at radius 2 is 1.83 bits per heavy atom. The number of carbonyl (C=O) groups excluding carboxylic acids is 1. The number of rotatable bonds is 3. The Labute approximate surface area is 74.7 Å². The van der Waals surface area contributed by atoms with Gasteiger partial charge in [0.05, 0.1) is 6.04 Å². The Kier molecular flexibility index (Phi) is 4.30. The summed E-state index contributed by atoms with van der Waals surface area (Å²) >= 11 is 0. The lowest BCUT2D eigenvalue weighted by molar-refractivity contribution is -0.109. The molecule has 1 rings (SSSR count). The molecule has 1 fully saturated rings. The molecule has 1 saturated carbocycles. The quantitative estimate of drug-likeness (QED) is 0.516. The molecule has 0 amide bonds. The minimum absolute atomic E-state index is 0.0353. The summed E-state index contributed by atoms with van der Waals surface area (Å²) in [5.41, 5.74) is 0. The van der Waals surface area contributed by atoms with Gasteiger partial charge in [-0.05, 0) is 19.8 Å². The van der Waals surface area contributed by atoms with Gasteiger partial charge < -0.3 is 10.1 Å². The topological polar surface area (TPSA) is 29.1 Å². The van der Waals surface area contributed by atoms with Crippen molar-refractivity contribution >= 4 is 6.29 Å². The number of carbonyl (C=O) groups is 1. The van der Waals surface area contributed by atoms with E-state index < -0.39 is 0 Å². The van der Waals surface area contributed by atoms with Gasteiger partial charge in [-0.25, -0.2) is 0 Å². The fraction of sp³-hybridized carbons (Fsp3) is 0.900. The van der Waals surface area contributed by atoms with Crippen LogP contribution in [0.5, 0.6) is 0 Å². The molecule has 0 saturated heterocycles. The smallest absolute Gasteiger partial charge is 0.136 e. The molecule has 1 atom stereocenters. The predicted molar refractivity (Wildman–Crippen MR) is 50.2 cm³/mol. The van der Waals surface area contributed by atoms with Crippen molar-refractivity contribution in [2.24, 2.45) is 0 Å². The summed E-state index contributed by atoms with van der Waals surface area (Å²) in [7, 11) is 0. The largest absolute Gasteiger partial charge is 0.305 e. The van der Waals surface area contributed by atoms with Crippen LogP contribution in [0.15, 0.2) is 0 Å². The van der Waals surface area contributed by atoms with Crippen molar-refractivity contribution in [3.8, 4) is 0 Å². The molecule has 0 bridgehead atoms. The van der Waals surface area contributed by atoms with E-state index in [-0.39, 0.29) is 6.04 Å². The van der Waals surface area contributed by atoms with Crippen molar-refractivity contribution in [1.29, 1.82) is 0 Å². The van der Waals surface area contributed by atoms with Crippen LogP contribution < -0.4 is 5.32 Å². The molecule has 0 unspecified atom stereocenters. The van der Waals surface area contributed by atoms with Gasteiger partial charge in [-0.1, -0.05) is 25.7 Å². The molecule has 0 aliphatic heterocycles. The fourth-order valence-corrected chi connectivity index (χ4v) is 1.86. The van der Waals surface area contributed by atoms with Crippen molar-refractivity contribution in [3.05, 3.63) is 0 Å². The summed E-state index contributed by atoms with van der Waals surface area (Å²) < 4.78 is 0. The van der Waals surface area contributed by atoms with E-state index in [1.165, 1.54) is 38.5 Å². The van der Waals surface area contributed by atoms with Gasteiger partial charge in [-0.2, -0.15) is 0 Å². The highest BCUT2D eigenvalue weighted by atomic mass is 16.1. The zero-order chi connectivity index (χ0) is 8.81. The fourth-order valence-electron chi connectivity index (χ4n) is 1.86. The molecule has 0 radical (unpaired) electrons. The maximum absolute atomic E-state index is 10.4. The van der Waals surface area contributed by atoms with Crippen molar-refractivity contribution < 1.29 is 4.79 Å². The number of hydrogen-bond donors (Lipinski definition) is 1. The van der Waals surface area contributed by atoms with Gasteiger partial charge in [-0.3, -0.25) is 0 Å². The van der Waals surface area contributed by atoms with Crippen molar-refractivity contribution in [2.45, 2.75) is 57.5 Å². The summed E-state index contributed by atoms with van der Waals surface area (Å²) in [6, 6.07) is 0.626. The van der Waals surface area contributed by atoms with Gasteiger partial charge >= 0.3 is 0 Å². The Bertz CT molecular complexity index is 128. The monoisotopic (exact) mass is 169 g/mol. The van der Waals surface area contributed by atoms with Gasteiger partial charge in [-0.15, -0.1) is 0 Å².